The van der Waals surface area contributed by atoms with Crippen molar-refractivity contribution in [3.63, 3.8) is 0 Å². The molecule has 0 atom stereocenters. The number of nitrogens with one attached hydrogen (secondary N) is 1. The van der Waals surface area contributed by atoms with Crippen LogP contribution in [-0.4, -0.2) is 24.2 Å². The predicted molar refractivity (Wildman–Crippen MR) is 103 cm³/mol. The van der Waals surface area contributed by atoms with Gasteiger partial charge in [-0.25, -0.2) is 18.4 Å². The molecule has 1 heterocycles. The molecule has 0 aliphatic rings. The van der Waals surface area contributed by atoms with Crippen molar-refractivity contribution >= 4 is 21.5 Å². The van der Waals surface area contributed by atoms with Gasteiger partial charge in [0.25, 0.3) is 10.0 Å². The van der Waals surface area contributed by atoms with Crippen LogP contribution in [0.15, 0.2) is 59.9 Å². The topological polar surface area (TPSA) is 89.0 Å². The van der Waals surface area contributed by atoms with Crippen molar-refractivity contribution in [3.8, 4) is 0 Å². The summed E-state index contributed by atoms with van der Waals surface area (Å²) in [5.41, 5.74) is 3.38. The normalized spacial score (nSPS) is 11.2. The summed E-state index contributed by atoms with van der Waals surface area (Å²) < 4.78 is 28.1. The number of nitrogens with zero attached hydrogens (tertiary/aromatic N) is 2. The van der Waals surface area contributed by atoms with E-state index in [0.717, 1.165) is 16.7 Å². The quantitative estimate of drug-likeness (QED) is 0.684. The van der Waals surface area contributed by atoms with Crippen molar-refractivity contribution in [1.82, 2.24) is 9.97 Å². The van der Waals surface area contributed by atoms with Crippen molar-refractivity contribution in [2.24, 2.45) is 0 Å². The van der Waals surface area contributed by atoms with Gasteiger partial charge in [0.1, 0.15) is 12.0 Å². The lowest BCUT2D eigenvalue weighted by atomic mass is 10.00. The molecule has 0 unspecified atom stereocenters. The van der Waals surface area contributed by atoms with E-state index in [1.54, 1.807) is 24.3 Å². The fourth-order valence-corrected chi connectivity index (χ4v) is 3.64. The third kappa shape index (κ3) is 4.03. The first kappa shape index (κ1) is 18.7. The summed E-state index contributed by atoms with van der Waals surface area (Å²) in [6.45, 7) is 5.61. The van der Waals surface area contributed by atoms with Crippen molar-refractivity contribution < 1.29 is 13.2 Å². The molecule has 138 valence electrons. The number of anilines is 1. The number of aromatic nitrogens is 2. The molecule has 0 aliphatic carbocycles. The second kappa shape index (κ2) is 7.28. The lowest BCUT2D eigenvalue weighted by Gasteiger charge is -2.14. The van der Waals surface area contributed by atoms with Crippen LogP contribution in [0.5, 0.6) is 0 Å². The number of hydrogen-bond acceptors (Lipinski definition) is 5. The van der Waals surface area contributed by atoms with Gasteiger partial charge in [-0.1, -0.05) is 17.7 Å². The van der Waals surface area contributed by atoms with Crippen molar-refractivity contribution in [3.05, 3.63) is 82.9 Å². The molecule has 7 heteroatoms. The Balaban J connectivity index is 2.06. The molecule has 3 aromatic rings. The van der Waals surface area contributed by atoms with Crippen LogP contribution in [0.25, 0.3) is 0 Å². The average Bonchev–Trinajstić information content (AvgIpc) is 2.65. The maximum Gasteiger partial charge on any atom is 0.261 e. The molecular formula is C20H19N3O3S. The van der Waals surface area contributed by atoms with E-state index in [0.29, 0.717) is 0 Å². The standard InChI is InChI=1S/C20H19N3O3S/c1-13-4-6-16(7-5-13)27(25,26)23-19-11-15(3)14(2)10-17(19)20(24)18-8-9-21-12-22-18/h4-12,23H,1-3H3. The van der Waals surface area contributed by atoms with Gasteiger partial charge in [0.15, 0.2) is 0 Å². The monoisotopic (exact) mass is 381 g/mol. The van der Waals surface area contributed by atoms with Crippen LogP contribution in [0.2, 0.25) is 0 Å². The number of hydrogen-bond donors (Lipinski definition) is 1. The molecule has 0 radical (unpaired) electrons. The first-order chi connectivity index (χ1) is 12.8. The molecule has 2 aromatic carbocycles. The van der Waals surface area contributed by atoms with E-state index in [-0.39, 0.29) is 27.6 Å². The predicted octanol–water partition coefficient (Wildman–Crippen LogP) is 3.43. The Kier molecular flexibility index (Phi) is 5.05. The van der Waals surface area contributed by atoms with E-state index in [1.165, 1.54) is 30.7 Å². The second-order valence-corrected chi connectivity index (χ2v) is 8.01. The van der Waals surface area contributed by atoms with Crippen LogP contribution in [0.4, 0.5) is 5.69 Å². The molecule has 1 N–H and O–H groups in total. The molecule has 0 bridgehead atoms. The highest BCUT2D eigenvalue weighted by Gasteiger charge is 2.21. The average molecular weight is 381 g/mol. The third-order valence-electron chi connectivity index (χ3n) is 4.27. The number of ketones is 1. The maximum atomic E-state index is 12.9. The van der Waals surface area contributed by atoms with E-state index >= 15 is 0 Å². The summed E-state index contributed by atoms with van der Waals surface area (Å²) in [6.07, 6.45) is 2.75. The van der Waals surface area contributed by atoms with E-state index in [1.807, 2.05) is 20.8 Å². The Bertz CT molecular complexity index is 1090. The molecule has 0 saturated heterocycles. The van der Waals surface area contributed by atoms with Crippen LogP contribution in [0.1, 0.15) is 32.7 Å². The number of aryl methyl sites for hydroxylation is 3. The minimum atomic E-state index is -3.83. The Morgan fingerprint density at radius 3 is 2.26 bits per heavy atom. The van der Waals surface area contributed by atoms with Crippen LogP contribution in [0, 0.1) is 20.8 Å². The van der Waals surface area contributed by atoms with E-state index in [9.17, 15) is 13.2 Å². The second-order valence-electron chi connectivity index (χ2n) is 6.32. The highest BCUT2D eigenvalue weighted by molar-refractivity contribution is 7.92. The molecule has 1 aromatic heterocycles. The lowest BCUT2D eigenvalue weighted by molar-refractivity contribution is 0.103. The lowest BCUT2D eigenvalue weighted by Crippen LogP contribution is -2.17. The Morgan fingerprint density at radius 2 is 1.63 bits per heavy atom. The minimum absolute atomic E-state index is 0.131. The zero-order valence-electron chi connectivity index (χ0n) is 15.2. The van der Waals surface area contributed by atoms with Gasteiger partial charge in [-0.3, -0.25) is 9.52 Å². The van der Waals surface area contributed by atoms with E-state index < -0.39 is 10.0 Å². The van der Waals surface area contributed by atoms with Crippen molar-refractivity contribution in [2.45, 2.75) is 25.7 Å². The van der Waals surface area contributed by atoms with Gasteiger partial charge in [-0.2, -0.15) is 0 Å². The van der Waals surface area contributed by atoms with Gasteiger partial charge in [0, 0.05) is 11.8 Å². The Hall–Kier alpha value is -3.06. The summed E-state index contributed by atoms with van der Waals surface area (Å²) in [4.78, 5) is 20.8. The number of sulfonamides is 1. The molecule has 0 fully saturated rings. The summed E-state index contributed by atoms with van der Waals surface area (Å²) >= 11 is 0. The number of carbonyl (C=O) groups excluding carboxylic acids is 1. The fourth-order valence-electron chi connectivity index (χ4n) is 2.57. The van der Waals surface area contributed by atoms with Crippen molar-refractivity contribution in [2.75, 3.05) is 4.72 Å². The molecule has 0 spiro atoms. The molecule has 0 saturated carbocycles. The van der Waals surface area contributed by atoms with E-state index in [4.69, 9.17) is 0 Å². The number of carbonyl (C=O) groups is 1. The molecule has 0 amide bonds. The maximum absolute atomic E-state index is 12.9. The molecule has 27 heavy (non-hydrogen) atoms. The highest BCUT2D eigenvalue weighted by atomic mass is 32.2. The minimum Gasteiger partial charge on any atom is -0.287 e. The van der Waals surface area contributed by atoms with Crippen LogP contribution < -0.4 is 4.72 Å². The molecule has 3 rings (SSSR count). The summed E-state index contributed by atoms with van der Waals surface area (Å²) in [6, 6.07) is 11.3. The largest absolute Gasteiger partial charge is 0.287 e. The SMILES string of the molecule is Cc1ccc(S(=O)(=O)Nc2cc(C)c(C)cc2C(=O)c2ccncn2)cc1. The van der Waals surface area contributed by atoms with Crippen molar-refractivity contribution in [1.29, 1.82) is 0 Å². The van der Waals surface area contributed by atoms with Gasteiger partial charge < -0.3 is 0 Å². The third-order valence-corrected chi connectivity index (χ3v) is 5.65. The first-order valence-corrected chi connectivity index (χ1v) is 9.78. The van der Waals surface area contributed by atoms with Gasteiger partial charge in [0.2, 0.25) is 5.78 Å². The van der Waals surface area contributed by atoms with Crippen LogP contribution in [0.3, 0.4) is 0 Å². The summed E-state index contributed by atoms with van der Waals surface area (Å²) in [5, 5.41) is 0. The van der Waals surface area contributed by atoms with Crippen LogP contribution in [-0.2, 0) is 10.0 Å². The Labute approximate surface area is 158 Å². The fraction of sp³-hybridized carbons (Fsp3) is 0.150. The first-order valence-electron chi connectivity index (χ1n) is 8.29. The van der Waals surface area contributed by atoms with Gasteiger partial charge in [-0.05, 0) is 62.2 Å². The number of benzene rings is 2. The summed E-state index contributed by atoms with van der Waals surface area (Å²) in [7, 11) is -3.83. The van der Waals surface area contributed by atoms with Gasteiger partial charge in [0.05, 0.1) is 10.6 Å². The smallest absolute Gasteiger partial charge is 0.261 e. The van der Waals surface area contributed by atoms with E-state index in [2.05, 4.69) is 14.7 Å². The molecular weight excluding hydrogens is 362 g/mol. The van der Waals surface area contributed by atoms with Crippen LogP contribution >= 0.6 is 0 Å². The highest BCUT2D eigenvalue weighted by Crippen LogP contribution is 2.26. The Morgan fingerprint density at radius 1 is 0.963 bits per heavy atom. The zero-order valence-corrected chi connectivity index (χ0v) is 16.0. The van der Waals surface area contributed by atoms with Gasteiger partial charge >= 0.3 is 0 Å². The van der Waals surface area contributed by atoms with Gasteiger partial charge in [-0.15, -0.1) is 0 Å². The molecule has 6 nitrogen and oxygen atoms in total. The molecule has 0 aliphatic heterocycles. The zero-order chi connectivity index (χ0) is 19.6. The summed E-state index contributed by atoms with van der Waals surface area (Å²) in [5.74, 6) is -0.373. The number of rotatable bonds is 5.